The second-order valence-corrected chi connectivity index (χ2v) is 8.30. The van der Waals surface area contributed by atoms with Crippen molar-refractivity contribution in [3.63, 3.8) is 0 Å². The number of carbonyl (C=O) groups excluding carboxylic acids is 1. The smallest absolute Gasteiger partial charge is 0.250 e. The van der Waals surface area contributed by atoms with E-state index in [2.05, 4.69) is 58.0 Å². The summed E-state index contributed by atoms with van der Waals surface area (Å²) in [5.74, 6) is 0.144. The van der Waals surface area contributed by atoms with Crippen molar-refractivity contribution in [3.05, 3.63) is 59.2 Å². The van der Waals surface area contributed by atoms with Crippen molar-refractivity contribution >= 4 is 17.3 Å². The Hall–Kier alpha value is -2.33. The Kier molecular flexibility index (Phi) is 4.16. The zero-order valence-electron chi connectivity index (χ0n) is 15.8. The molecule has 0 unspecified atom stereocenters. The molecule has 0 radical (unpaired) electrons. The van der Waals surface area contributed by atoms with Crippen LogP contribution < -0.4 is 10.6 Å². The molecule has 0 saturated carbocycles. The number of carbonyl (C=O) groups is 1. The molecule has 140 valence electrons. The maximum Gasteiger partial charge on any atom is 0.250 e. The molecule has 1 spiro atoms. The zero-order chi connectivity index (χ0) is 18.3. The number of piperidine rings is 1. The largest absolute Gasteiger partial charge is 0.369 e. The monoisotopic (exact) mass is 361 g/mol. The van der Waals surface area contributed by atoms with E-state index in [1.807, 2.05) is 0 Å². The second-order valence-electron chi connectivity index (χ2n) is 8.30. The lowest BCUT2D eigenvalue weighted by molar-refractivity contribution is -0.122. The molecule has 1 amide bonds. The summed E-state index contributed by atoms with van der Waals surface area (Å²) in [4.78, 5) is 15.4. The van der Waals surface area contributed by atoms with E-state index in [0.717, 1.165) is 56.7 Å². The normalized spacial score (nSPS) is 21.1. The average Bonchev–Trinajstić information content (AvgIpc) is 2.70. The summed E-state index contributed by atoms with van der Waals surface area (Å²) in [5, 5.41) is 6.87. The van der Waals surface area contributed by atoms with Crippen molar-refractivity contribution in [2.24, 2.45) is 0 Å². The predicted molar refractivity (Wildman–Crippen MR) is 109 cm³/mol. The highest BCUT2D eigenvalue weighted by Gasteiger charge is 2.44. The highest BCUT2D eigenvalue weighted by Crippen LogP contribution is 2.39. The number of rotatable bonds is 2. The number of anilines is 2. The lowest BCUT2D eigenvalue weighted by Gasteiger charge is -2.44. The Morgan fingerprint density at radius 1 is 0.926 bits per heavy atom. The van der Waals surface area contributed by atoms with Gasteiger partial charge in [-0.2, -0.15) is 0 Å². The Morgan fingerprint density at radius 3 is 2.30 bits per heavy atom. The Morgan fingerprint density at radius 2 is 1.59 bits per heavy atom. The Bertz CT molecular complexity index is 853. The van der Waals surface area contributed by atoms with Crippen LogP contribution in [0.25, 0.3) is 0 Å². The molecule has 4 heteroatoms. The summed E-state index contributed by atoms with van der Waals surface area (Å²) in [5.41, 5.74) is 5.84. The van der Waals surface area contributed by atoms with Crippen molar-refractivity contribution in [3.8, 4) is 0 Å². The maximum absolute atomic E-state index is 13.0. The first kappa shape index (κ1) is 16.8. The van der Waals surface area contributed by atoms with Gasteiger partial charge in [-0.3, -0.25) is 9.69 Å². The summed E-state index contributed by atoms with van der Waals surface area (Å²) in [6, 6.07) is 15.1. The van der Waals surface area contributed by atoms with Crippen LogP contribution >= 0.6 is 0 Å². The summed E-state index contributed by atoms with van der Waals surface area (Å²) in [7, 11) is 0. The lowest BCUT2D eigenvalue weighted by Crippen LogP contribution is -2.58. The molecule has 5 rings (SSSR count). The van der Waals surface area contributed by atoms with Gasteiger partial charge < -0.3 is 10.6 Å². The molecule has 2 aromatic carbocycles. The molecular weight excluding hydrogens is 334 g/mol. The molecular formula is C23H27N3O. The molecule has 2 heterocycles. The Labute approximate surface area is 161 Å². The topological polar surface area (TPSA) is 44.4 Å². The molecule has 4 nitrogen and oxygen atoms in total. The third-order valence-electron chi connectivity index (χ3n) is 6.50. The summed E-state index contributed by atoms with van der Waals surface area (Å²) < 4.78 is 0. The van der Waals surface area contributed by atoms with E-state index >= 15 is 0 Å². The number of hydrogen-bond acceptors (Lipinski definition) is 3. The first-order chi connectivity index (χ1) is 13.2. The van der Waals surface area contributed by atoms with E-state index < -0.39 is 5.54 Å². The highest BCUT2D eigenvalue weighted by atomic mass is 16.2. The van der Waals surface area contributed by atoms with E-state index in [1.54, 1.807) is 0 Å². The van der Waals surface area contributed by atoms with Gasteiger partial charge in [-0.1, -0.05) is 30.3 Å². The van der Waals surface area contributed by atoms with E-state index in [9.17, 15) is 4.79 Å². The number of hydrogen-bond donors (Lipinski definition) is 2. The summed E-state index contributed by atoms with van der Waals surface area (Å²) in [6.07, 6.45) is 6.53. The molecule has 2 aromatic rings. The van der Waals surface area contributed by atoms with Gasteiger partial charge >= 0.3 is 0 Å². The minimum atomic E-state index is -0.455. The molecule has 2 aliphatic heterocycles. The average molecular weight is 361 g/mol. The van der Waals surface area contributed by atoms with Crippen LogP contribution in [-0.2, 0) is 24.2 Å². The molecule has 0 atom stereocenters. The van der Waals surface area contributed by atoms with Crippen LogP contribution in [0.15, 0.2) is 42.5 Å². The van der Waals surface area contributed by atoms with E-state index in [4.69, 9.17) is 0 Å². The zero-order valence-corrected chi connectivity index (χ0v) is 15.8. The van der Waals surface area contributed by atoms with Gasteiger partial charge in [-0.15, -0.1) is 0 Å². The molecule has 0 aromatic heterocycles. The first-order valence-corrected chi connectivity index (χ1v) is 10.2. The van der Waals surface area contributed by atoms with Crippen LogP contribution in [0, 0.1) is 0 Å². The van der Waals surface area contributed by atoms with Crippen LogP contribution in [0.1, 0.15) is 42.4 Å². The number of benzene rings is 2. The third kappa shape index (κ3) is 3.12. The SMILES string of the molecule is O=C1Nc2cc3c(cc2NC12CCN(Cc1ccccc1)CC2)CCCC3. The molecule has 27 heavy (non-hydrogen) atoms. The predicted octanol–water partition coefficient (Wildman–Crippen LogP) is 3.96. The van der Waals surface area contributed by atoms with Gasteiger partial charge in [0.05, 0.1) is 11.4 Å². The highest BCUT2D eigenvalue weighted by molar-refractivity contribution is 6.06. The van der Waals surface area contributed by atoms with Crippen molar-refractivity contribution in [1.82, 2.24) is 4.90 Å². The number of amides is 1. The number of nitrogens with one attached hydrogen (secondary N) is 2. The molecule has 1 aliphatic carbocycles. The second kappa shape index (κ2) is 6.68. The van der Waals surface area contributed by atoms with Crippen LogP contribution in [0.4, 0.5) is 11.4 Å². The fraction of sp³-hybridized carbons (Fsp3) is 0.435. The molecule has 1 fully saturated rings. The van der Waals surface area contributed by atoms with Crippen molar-refractivity contribution in [2.45, 2.75) is 50.6 Å². The minimum Gasteiger partial charge on any atom is -0.369 e. The first-order valence-electron chi connectivity index (χ1n) is 10.2. The summed E-state index contributed by atoms with van der Waals surface area (Å²) >= 11 is 0. The van der Waals surface area contributed by atoms with Crippen molar-refractivity contribution < 1.29 is 4.79 Å². The Balaban J connectivity index is 1.32. The van der Waals surface area contributed by atoms with Crippen LogP contribution in [-0.4, -0.2) is 29.4 Å². The molecule has 2 N–H and O–H groups in total. The van der Waals surface area contributed by atoms with E-state index in [1.165, 1.54) is 29.5 Å². The number of likely N-dealkylation sites (tertiary alicyclic amines) is 1. The number of fused-ring (bicyclic) bond motifs is 2. The van der Waals surface area contributed by atoms with Crippen LogP contribution in [0.3, 0.4) is 0 Å². The van der Waals surface area contributed by atoms with Crippen molar-refractivity contribution in [2.75, 3.05) is 23.7 Å². The minimum absolute atomic E-state index is 0.144. The van der Waals surface area contributed by atoms with Gasteiger partial charge in [-0.25, -0.2) is 0 Å². The fourth-order valence-electron chi connectivity index (χ4n) is 4.84. The molecule has 0 bridgehead atoms. The molecule has 3 aliphatic rings. The fourth-order valence-corrected chi connectivity index (χ4v) is 4.84. The summed E-state index contributed by atoms with van der Waals surface area (Å²) in [6.45, 7) is 2.84. The number of aryl methyl sites for hydroxylation is 2. The van der Waals surface area contributed by atoms with Crippen LogP contribution in [0.5, 0.6) is 0 Å². The third-order valence-corrected chi connectivity index (χ3v) is 6.50. The standard InChI is InChI=1S/C23H27N3O/c27-22-23(10-12-26(13-11-23)16-17-6-2-1-3-7-17)25-21-15-19-9-5-4-8-18(19)14-20(21)24-22/h1-3,6-7,14-15,25H,4-5,8-13,16H2,(H,24,27). The van der Waals surface area contributed by atoms with Gasteiger partial charge in [0, 0.05) is 19.6 Å². The van der Waals surface area contributed by atoms with E-state index in [0.29, 0.717) is 0 Å². The van der Waals surface area contributed by atoms with Gasteiger partial charge in [0.15, 0.2) is 0 Å². The lowest BCUT2D eigenvalue weighted by atomic mass is 9.83. The van der Waals surface area contributed by atoms with Gasteiger partial charge in [0.25, 0.3) is 0 Å². The maximum atomic E-state index is 13.0. The van der Waals surface area contributed by atoms with Gasteiger partial charge in [-0.05, 0) is 67.3 Å². The molecule has 1 saturated heterocycles. The van der Waals surface area contributed by atoms with Gasteiger partial charge in [0.1, 0.15) is 5.54 Å². The van der Waals surface area contributed by atoms with Crippen molar-refractivity contribution in [1.29, 1.82) is 0 Å². The number of nitrogens with zero attached hydrogens (tertiary/aromatic N) is 1. The van der Waals surface area contributed by atoms with Crippen LogP contribution in [0.2, 0.25) is 0 Å². The van der Waals surface area contributed by atoms with Gasteiger partial charge in [0.2, 0.25) is 5.91 Å². The quantitative estimate of drug-likeness (QED) is 0.851. The van der Waals surface area contributed by atoms with E-state index in [-0.39, 0.29) is 5.91 Å².